The van der Waals surface area contributed by atoms with Crippen LogP contribution in [0.1, 0.15) is 108 Å². The SMILES string of the molecule is CC(=O)N[C@H]1CCSC[C@@H](C(=O)N[C@@H](Cc2ccc(OCCN)cc2)C(=O)N[C@@H](Cc2c[nH]c3ccccc23)C(=O)N[C@@](C)(CCCCN)C(=O)N[C@@H](CCC(=O)O)C(=O)N[C@@H](CC(N)=O)C(=O)NCC(N)=O)NC(=O)[C@H](CCC(N)=O)NC(=O)[C@H](Cc2c[nH]c3ccccc23)NC(=O)[C@H]([C@@H](C)O)NC(=O)[C@H](CCC(N)=O)NC1=O. The largest absolute Gasteiger partial charge is 0.492 e. The highest BCUT2D eigenvalue weighted by Crippen LogP contribution is 2.24. The van der Waals surface area contributed by atoms with Gasteiger partial charge >= 0.3 is 5.97 Å². The van der Waals surface area contributed by atoms with Crippen molar-refractivity contribution in [3.8, 4) is 5.75 Å². The summed E-state index contributed by atoms with van der Waals surface area (Å²) in [5.41, 5.74) is 33.6. The topological polar surface area (TPSA) is 672 Å². The Morgan fingerprint density at radius 2 is 1.17 bits per heavy atom. The normalized spacial score (nSPS) is 19.0. The Kier molecular flexibility index (Phi) is 35.7. The van der Waals surface area contributed by atoms with E-state index in [1.54, 1.807) is 85.2 Å². The first-order valence-corrected chi connectivity index (χ1v) is 38.2. The number of hydrogen-bond acceptors (Lipinski definition) is 22. The van der Waals surface area contributed by atoms with Gasteiger partial charge in [0.2, 0.25) is 94.5 Å². The maximum Gasteiger partial charge on any atom is 0.303 e. The van der Waals surface area contributed by atoms with Crippen molar-refractivity contribution in [1.29, 1.82) is 0 Å². The molecule has 40 nitrogen and oxygen atoms in total. The van der Waals surface area contributed by atoms with Crippen LogP contribution in [-0.2, 0) is 101 Å². The fourth-order valence-electron chi connectivity index (χ4n) is 12.3. The fraction of sp³-hybridized carbons (Fsp3) is 0.473. The summed E-state index contributed by atoms with van der Waals surface area (Å²) in [6, 6.07) is 2.58. The van der Waals surface area contributed by atoms with Gasteiger partial charge in [0.1, 0.15) is 78.3 Å². The highest BCUT2D eigenvalue weighted by molar-refractivity contribution is 7.99. The van der Waals surface area contributed by atoms with Crippen LogP contribution in [0.25, 0.3) is 21.8 Å². The number of primary amides is 4. The molecule has 41 heteroatoms. The molecule has 3 heterocycles. The molecule has 0 spiro atoms. The van der Waals surface area contributed by atoms with Crippen molar-refractivity contribution in [2.45, 2.75) is 183 Å². The van der Waals surface area contributed by atoms with E-state index in [2.05, 4.69) is 73.8 Å². The average Bonchev–Trinajstić information content (AvgIpc) is 1.80. The maximum absolute atomic E-state index is 15.7. The van der Waals surface area contributed by atoms with Crippen molar-refractivity contribution in [1.82, 2.24) is 73.8 Å². The highest BCUT2D eigenvalue weighted by atomic mass is 32.2. The lowest BCUT2D eigenvalue weighted by Gasteiger charge is -2.34. The number of nitrogens with two attached hydrogens (primary N) is 6. The second kappa shape index (κ2) is 44.9. The third-order valence-electron chi connectivity index (χ3n) is 18.5. The molecule has 2 aromatic heterocycles. The number of amides is 16. The van der Waals surface area contributed by atoms with E-state index >= 15 is 19.2 Å². The number of H-pyrrole nitrogens is 2. The number of thioether (sulfide) groups is 1. The van der Waals surface area contributed by atoms with Gasteiger partial charge in [-0.15, -0.1) is 0 Å². The lowest BCUT2D eigenvalue weighted by Crippen LogP contribution is -2.64. The standard InChI is InChI=1S/C74H102N20O20S/c1-38(95)62-72(112)90-53(31-41-34-81-46-12-6-4-10-44(41)46)69(109)86-48(18-21-57(77)97)64(104)91-56(37-115-29-24-51(84-39(2)96)66(106)85-49(67(107)93-62)19-22-58(78)98)70(110)87-52(30-40-14-16-43(17-15-40)114-28-27-76)68(108)88-54(32-42-35-82-47-13-7-5-11-45(42)47)71(111)94-74(3,25-8-9-26-75)73(113)92-50(20-23-61(101)102)65(105)89-55(33-59(79)99)63(103)83-36-60(80)100/h4-7,10-17,34-35,38,48-56,62,81-82,95H,8-9,18-33,36-37,75-76H2,1-3H3,(H2,77,97)(H2,78,98)(H2,79,99)(H2,80,100)(H,83,103)(H,84,96)(H,85,106)(H,86,109)(H,87,110)(H,88,108)(H,89,105)(H,90,112)(H,91,104)(H,92,113)(H,93,107)(H,94,111)(H,101,102)/t38-,48+,49+,50+,51+,52+,53+,54+,55+,56+,62+,74+/m1/s1. The van der Waals surface area contributed by atoms with Crippen molar-refractivity contribution in [3.05, 3.63) is 102 Å². The predicted octanol–water partition coefficient (Wildman–Crippen LogP) is -5.72. The summed E-state index contributed by atoms with van der Waals surface area (Å²) in [6.45, 7) is 3.11. The lowest BCUT2D eigenvalue weighted by atomic mass is 9.91. The summed E-state index contributed by atoms with van der Waals surface area (Å²) in [7, 11) is 0. The molecule has 624 valence electrons. The van der Waals surface area contributed by atoms with Crippen LogP contribution in [0.5, 0.6) is 5.75 Å². The van der Waals surface area contributed by atoms with Crippen LogP contribution in [0.4, 0.5) is 0 Å². The molecule has 16 amide bonds. The number of unbranched alkanes of at least 4 members (excludes halogenated alkanes) is 1. The average molecular weight is 1620 g/mol. The summed E-state index contributed by atoms with van der Waals surface area (Å²) in [4.78, 5) is 242. The third-order valence-corrected chi connectivity index (χ3v) is 19.6. The number of hydrogen-bond donors (Lipinski definition) is 22. The summed E-state index contributed by atoms with van der Waals surface area (Å²) < 4.78 is 5.70. The van der Waals surface area contributed by atoms with Gasteiger partial charge in [-0.3, -0.25) is 81.5 Å². The smallest absolute Gasteiger partial charge is 0.303 e. The number of aromatic amines is 2. The molecule has 115 heavy (non-hydrogen) atoms. The number of aliphatic hydroxyl groups is 1. The fourth-order valence-corrected chi connectivity index (χ4v) is 13.4. The minimum atomic E-state index is -2.10. The first kappa shape index (κ1) is 91.6. The molecule has 0 radical (unpaired) electrons. The van der Waals surface area contributed by atoms with Gasteiger partial charge in [-0.1, -0.05) is 48.5 Å². The van der Waals surface area contributed by atoms with Crippen molar-refractivity contribution < 1.29 is 96.5 Å². The summed E-state index contributed by atoms with van der Waals surface area (Å²) in [5, 5.41) is 52.2. The number of carbonyl (C=O) groups is 17. The van der Waals surface area contributed by atoms with Crippen LogP contribution in [0.3, 0.4) is 0 Å². The number of aliphatic carboxylic acids is 1. The van der Waals surface area contributed by atoms with Crippen LogP contribution in [0, 0.1) is 0 Å². The van der Waals surface area contributed by atoms with Crippen LogP contribution < -0.4 is 103 Å². The number of aliphatic hydroxyl groups excluding tert-OH is 1. The van der Waals surface area contributed by atoms with Gasteiger partial charge in [-0.25, -0.2) is 0 Å². The van der Waals surface area contributed by atoms with Gasteiger partial charge in [0, 0.05) is 91.9 Å². The van der Waals surface area contributed by atoms with Crippen LogP contribution in [-0.4, -0.2) is 230 Å². The summed E-state index contributed by atoms with van der Waals surface area (Å²) >= 11 is 0.912. The number of fused-ring (bicyclic) bond motifs is 2. The Balaban J connectivity index is 1.46. The van der Waals surface area contributed by atoms with Crippen LogP contribution in [0.2, 0.25) is 0 Å². The molecule has 3 aromatic carbocycles. The third kappa shape index (κ3) is 29.3. The number of carboxylic acids is 1. The van der Waals surface area contributed by atoms with E-state index in [0.717, 1.165) is 25.6 Å². The lowest BCUT2D eigenvalue weighted by molar-refractivity contribution is -0.140. The molecule has 1 aliphatic heterocycles. The molecule has 12 atom stereocenters. The quantitative estimate of drug-likeness (QED) is 0.0163. The molecule has 28 N–H and O–H groups in total. The molecule has 0 aliphatic carbocycles. The second-order valence-electron chi connectivity index (χ2n) is 27.8. The van der Waals surface area contributed by atoms with E-state index in [9.17, 15) is 72.5 Å². The highest BCUT2D eigenvalue weighted by Gasteiger charge is 2.42. The zero-order valence-electron chi connectivity index (χ0n) is 63.7. The van der Waals surface area contributed by atoms with E-state index in [1.807, 2.05) is 0 Å². The van der Waals surface area contributed by atoms with Crippen molar-refractivity contribution in [2.75, 3.05) is 37.7 Å². The van der Waals surface area contributed by atoms with E-state index in [1.165, 1.54) is 6.92 Å². The number of carboxylic acid groups (broad SMARTS) is 1. The zero-order chi connectivity index (χ0) is 84.6. The molecule has 0 saturated carbocycles. The Hall–Kier alpha value is -12.2. The van der Waals surface area contributed by atoms with Gasteiger partial charge in [0.25, 0.3) is 0 Å². The van der Waals surface area contributed by atoms with Crippen LogP contribution in [0.15, 0.2) is 85.2 Å². The summed E-state index contributed by atoms with van der Waals surface area (Å²) in [6.07, 6.45) is -4.18. The van der Waals surface area contributed by atoms with E-state index in [-0.39, 0.29) is 64.0 Å². The number of rotatable bonds is 39. The van der Waals surface area contributed by atoms with Crippen molar-refractivity contribution >= 4 is 134 Å². The monoisotopic (exact) mass is 1620 g/mol. The molecular weight excluding hydrogens is 1520 g/mol. The number of benzene rings is 3. The van der Waals surface area contributed by atoms with Crippen LogP contribution >= 0.6 is 11.8 Å². The van der Waals surface area contributed by atoms with Crippen molar-refractivity contribution in [3.63, 3.8) is 0 Å². The maximum atomic E-state index is 15.7. The van der Waals surface area contributed by atoms with Gasteiger partial charge in [0.05, 0.1) is 19.1 Å². The van der Waals surface area contributed by atoms with Gasteiger partial charge in [-0.2, -0.15) is 11.8 Å². The molecule has 5 aromatic rings. The zero-order valence-corrected chi connectivity index (χ0v) is 64.5. The number of carbonyl (C=O) groups excluding carboxylic acids is 16. The first-order chi connectivity index (χ1) is 54.6. The van der Waals surface area contributed by atoms with E-state index < -0.39 is 236 Å². The number of ether oxygens (including phenoxy) is 1. The number of aromatic nitrogens is 2. The molecule has 1 fully saturated rings. The molecular formula is C74H102N20O20S. The molecule has 0 bridgehead atoms. The van der Waals surface area contributed by atoms with E-state index in [0.29, 0.717) is 44.2 Å². The molecule has 1 aliphatic rings. The Morgan fingerprint density at radius 1 is 0.600 bits per heavy atom. The predicted molar refractivity (Wildman–Crippen MR) is 416 cm³/mol. The van der Waals surface area contributed by atoms with Crippen molar-refractivity contribution in [2.24, 2.45) is 34.4 Å². The second-order valence-corrected chi connectivity index (χ2v) is 28.9. The Bertz CT molecular complexity index is 4330. The first-order valence-electron chi connectivity index (χ1n) is 37.0. The van der Waals surface area contributed by atoms with Gasteiger partial charge in [-0.05, 0) is 112 Å². The minimum Gasteiger partial charge on any atom is -0.492 e. The molecule has 6 rings (SSSR count). The Labute approximate surface area is 664 Å². The molecule has 1 saturated heterocycles. The van der Waals surface area contributed by atoms with Gasteiger partial charge < -0.3 is 123 Å². The number of nitrogens with one attached hydrogen (secondary N) is 14. The van der Waals surface area contributed by atoms with E-state index in [4.69, 9.17) is 39.1 Å². The minimum absolute atomic E-state index is 0.0863. The Morgan fingerprint density at radius 3 is 1.75 bits per heavy atom. The molecule has 0 unspecified atom stereocenters. The summed E-state index contributed by atoms with van der Waals surface area (Å²) in [5.74, 6) is -18.5. The number of para-hydroxylation sites is 2. The van der Waals surface area contributed by atoms with Gasteiger partial charge in [0.15, 0.2) is 0 Å².